The summed E-state index contributed by atoms with van der Waals surface area (Å²) in [4.78, 5) is 5.10. The van der Waals surface area contributed by atoms with Crippen molar-refractivity contribution >= 4 is 6.08 Å². The lowest BCUT2D eigenvalue weighted by Gasteiger charge is -2.34. The highest BCUT2D eigenvalue weighted by Gasteiger charge is 2.15. The summed E-state index contributed by atoms with van der Waals surface area (Å²) in [5, 5.41) is 0. The van der Waals surface area contributed by atoms with E-state index >= 15 is 0 Å². The molecule has 28 heavy (non-hydrogen) atoms. The second kappa shape index (κ2) is 9.50. The number of nitrogens with zero attached hydrogens (tertiary/aromatic N) is 2. The summed E-state index contributed by atoms with van der Waals surface area (Å²) in [7, 11) is 0. The van der Waals surface area contributed by atoms with Crippen LogP contribution in [0, 0.1) is 0 Å². The van der Waals surface area contributed by atoms with Crippen LogP contribution in [0.3, 0.4) is 0 Å². The van der Waals surface area contributed by atoms with Gasteiger partial charge in [-0.05, 0) is 22.3 Å². The first-order valence-corrected chi connectivity index (χ1v) is 10.2. The summed E-state index contributed by atoms with van der Waals surface area (Å²) in [6, 6.07) is 30.2. The van der Waals surface area contributed by atoms with Crippen LogP contribution >= 0.6 is 0 Å². The lowest BCUT2D eigenvalue weighted by molar-refractivity contribution is 0.137. The van der Waals surface area contributed by atoms with Crippen molar-refractivity contribution in [1.29, 1.82) is 0 Å². The van der Waals surface area contributed by atoms with Gasteiger partial charge in [0.25, 0.3) is 0 Å². The smallest absolute Gasteiger partial charge is 0.0234 e. The molecule has 0 unspecified atom stereocenters. The fourth-order valence-corrected chi connectivity index (χ4v) is 3.72. The molecule has 0 saturated carbocycles. The van der Waals surface area contributed by atoms with Crippen molar-refractivity contribution in [2.45, 2.75) is 6.54 Å². The van der Waals surface area contributed by atoms with Gasteiger partial charge in [0.1, 0.15) is 0 Å². The maximum Gasteiger partial charge on any atom is 0.0234 e. The Labute approximate surface area is 168 Å². The van der Waals surface area contributed by atoms with E-state index in [1.807, 2.05) is 0 Å². The van der Waals surface area contributed by atoms with Gasteiger partial charge in [0, 0.05) is 39.3 Å². The fraction of sp³-hybridized carbons (Fsp3) is 0.231. The van der Waals surface area contributed by atoms with Crippen LogP contribution in [0.1, 0.15) is 11.1 Å². The SMILES string of the molecule is C(=Cc1ccccc1)CN1CCN(Cc2ccc(-c3ccccc3)cc2)CC1. The highest BCUT2D eigenvalue weighted by molar-refractivity contribution is 5.63. The van der Waals surface area contributed by atoms with Gasteiger partial charge in [0.2, 0.25) is 0 Å². The van der Waals surface area contributed by atoms with E-state index in [0.29, 0.717) is 0 Å². The molecule has 3 aromatic carbocycles. The maximum absolute atomic E-state index is 2.56. The quantitative estimate of drug-likeness (QED) is 0.591. The Morgan fingerprint density at radius 2 is 1.18 bits per heavy atom. The maximum atomic E-state index is 2.56. The summed E-state index contributed by atoms with van der Waals surface area (Å²) < 4.78 is 0. The summed E-state index contributed by atoms with van der Waals surface area (Å²) >= 11 is 0. The van der Waals surface area contributed by atoms with Gasteiger partial charge in [-0.1, -0.05) is 97.1 Å². The molecule has 0 N–H and O–H groups in total. The lowest BCUT2D eigenvalue weighted by atomic mass is 10.0. The molecule has 3 aromatic rings. The average Bonchev–Trinajstić information content (AvgIpc) is 2.77. The van der Waals surface area contributed by atoms with Gasteiger partial charge < -0.3 is 0 Å². The Balaban J connectivity index is 1.24. The van der Waals surface area contributed by atoms with Crippen molar-refractivity contribution < 1.29 is 0 Å². The molecule has 0 amide bonds. The molecule has 1 aliphatic heterocycles. The molecule has 0 aliphatic carbocycles. The van der Waals surface area contributed by atoms with E-state index in [0.717, 1.165) is 39.3 Å². The zero-order valence-electron chi connectivity index (χ0n) is 16.4. The van der Waals surface area contributed by atoms with Crippen molar-refractivity contribution in [3.05, 3.63) is 102 Å². The first-order valence-electron chi connectivity index (χ1n) is 10.2. The predicted octanol–water partition coefficient (Wildman–Crippen LogP) is 5.18. The number of hydrogen-bond donors (Lipinski definition) is 0. The molecule has 1 heterocycles. The first-order chi connectivity index (χ1) is 13.9. The van der Waals surface area contributed by atoms with Gasteiger partial charge in [-0.2, -0.15) is 0 Å². The lowest BCUT2D eigenvalue weighted by Crippen LogP contribution is -2.45. The normalized spacial score (nSPS) is 15.9. The average molecular weight is 369 g/mol. The fourth-order valence-electron chi connectivity index (χ4n) is 3.72. The number of benzene rings is 3. The van der Waals surface area contributed by atoms with Gasteiger partial charge in [-0.3, -0.25) is 9.80 Å². The number of rotatable bonds is 6. The minimum Gasteiger partial charge on any atom is -0.297 e. The van der Waals surface area contributed by atoms with E-state index in [1.54, 1.807) is 0 Å². The number of hydrogen-bond acceptors (Lipinski definition) is 2. The molecule has 142 valence electrons. The Morgan fingerprint density at radius 3 is 1.86 bits per heavy atom. The Kier molecular flexibility index (Phi) is 6.33. The predicted molar refractivity (Wildman–Crippen MR) is 119 cm³/mol. The van der Waals surface area contributed by atoms with E-state index in [4.69, 9.17) is 0 Å². The van der Waals surface area contributed by atoms with Crippen molar-refractivity contribution in [2.75, 3.05) is 32.7 Å². The molecule has 1 aliphatic rings. The summed E-state index contributed by atoms with van der Waals surface area (Å²) in [6.45, 7) is 6.64. The molecule has 0 atom stereocenters. The van der Waals surface area contributed by atoms with Gasteiger partial charge in [-0.25, -0.2) is 0 Å². The largest absolute Gasteiger partial charge is 0.297 e. The Bertz CT molecular complexity index is 861. The van der Waals surface area contributed by atoms with Gasteiger partial charge >= 0.3 is 0 Å². The second-order valence-electron chi connectivity index (χ2n) is 7.45. The van der Waals surface area contributed by atoms with Crippen LogP contribution in [-0.4, -0.2) is 42.5 Å². The van der Waals surface area contributed by atoms with E-state index < -0.39 is 0 Å². The van der Waals surface area contributed by atoms with Crippen molar-refractivity contribution in [1.82, 2.24) is 9.80 Å². The van der Waals surface area contributed by atoms with Crippen LogP contribution in [0.25, 0.3) is 17.2 Å². The van der Waals surface area contributed by atoms with Crippen LogP contribution in [-0.2, 0) is 6.54 Å². The van der Waals surface area contributed by atoms with Crippen LogP contribution < -0.4 is 0 Å². The first kappa shape index (κ1) is 18.7. The van der Waals surface area contributed by atoms with Gasteiger partial charge in [-0.15, -0.1) is 0 Å². The molecule has 4 rings (SSSR count). The van der Waals surface area contributed by atoms with Crippen LogP contribution in [0.2, 0.25) is 0 Å². The monoisotopic (exact) mass is 368 g/mol. The highest BCUT2D eigenvalue weighted by atomic mass is 15.3. The summed E-state index contributed by atoms with van der Waals surface area (Å²) in [6.07, 6.45) is 4.51. The van der Waals surface area contributed by atoms with E-state index in [9.17, 15) is 0 Å². The summed E-state index contributed by atoms with van der Waals surface area (Å²) in [5.41, 5.74) is 5.25. The molecule has 0 radical (unpaired) electrons. The van der Waals surface area contributed by atoms with Crippen LogP contribution in [0.4, 0.5) is 0 Å². The summed E-state index contributed by atoms with van der Waals surface area (Å²) in [5.74, 6) is 0. The second-order valence-corrected chi connectivity index (χ2v) is 7.45. The van der Waals surface area contributed by atoms with Gasteiger partial charge in [0.15, 0.2) is 0 Å². The Hall–Kier alpha value is -2.68. The molecule has 0 bridgehead atoms. The van der Waals surface area contributed by atoms with Crippen molar-refractivity contribution in [3.8, 4) is 11.1 Å². The van der Waals surface area contributed by atoms with Crippen LogP contribution in [0.15, 0.2) is 91.0 Å². The molecule has 2 heteroatoms. The van der Waals surface area contributed by atoms with Crippen molar-refractivity contribution in [3.63, 3.8) is 0 Å². The molecule has 2 nitrogen and oxygen atoms in total. The Morgan fingerprint density at radius 1 is 0.607 bits per heavy atom. The minimum atomic E-state index is 1.04. The third-order valence-corrected chi connectivity index (χ3v) is 5.41. The molecule has 0 spiro atoms. The third-order valence-electron chi connectivity index (χ3n) is 5.41. The van der Waals surface area contributed by atoms with Crippen LogP contribution in [0.5, 0.6) is 0 Å². The molecule has 1 saturated heterocycles. The zero-order chi connectivity index (χ0) is 19.0. The van der Waals surface area contributed by atoms with Crippen molar-refractivity contribution in [2.24, 2.45) is 0 Å². The van der Waals surface area contributed by atoms with Gasteiger partial charge in [0.05, 0.1) is 0 Å². The molecule has 0 aromatic heterocycles. The minimum absolute atomic E-state index is 1.04. The third kappa shape index (κ3) is 5.19. The number of piperazine rings is 1. The highest BCUT2D eigenvalue weighted by Crippen LogP contribution is 2.20. The van der Waals surface area contributed by atoms with E-state index in [2.05, 4.69) is 107 Å². The standard InChI is InChI=1S/C26H28N2/c1-3-8-23(9-4-1)10-7-17-27-18-20-28(21-19-27)22-24-13-15-26(16-14-24)25-11-5-2-6-12-25/h1-16H,17-22H2. The molecular formula is C26H28N2. The van der Waals surface area contributed by atoms with E-state index in [-0.39, 0.29) is 0 Å². The zero-order valence-corrected chi connectivity index (χ0v) is 16.4. The molecule has 1 fully saturated rings. The topological polar surface area (TPSA) is 6.48 Å². The molecular weight excluding hydrogens is 340 g/mol. The van der Waals surface area contributed by atoms with E-state index in [1.165, 1.54) is 22.3 Å².